The fourth-order valence-corrected chi connectivity index (χ4v) is 0. The Morgan fingerprint density at radius 3 is 1.20 bits per heavy atom. The van der Waals surface area contributed by atoms with Crippen LogP contribution in [0.4, 0.5) is 0 Å². The van der Waals surface area contributed by atoms with Gasteiger partial charge < -0.3 is 0 Å². The van der Waals surface area contributed by atoms with Crippen LogP contribution >= 0.6 is 0 Å². The molecule has 0 rings (SSSR count). The molecule has 5 heavy (non-hydrogen) atoms. The summed E-state index contributed by atoms with van der Waals surface area (Å²) in [5.74, 6) is 0. The van der Waals surface area contributed by atoms with Crippen molar-refractivity contribution < 1.29 is 16.0 Å². The Kier molecular flexibility index (Phi) is 1.03. The molecule has 0 aromatic carbocycles. The average molecular weight is 140 g/mol. The van der Waals surface area contributed by atoms with E-state index in [0.717, 1.165) is 0 Å². The molecule has 0 saturated heterocycles. The summed E-state index contributed by atoms with van der Waals surface area (Å²) >= 11 is -5.25. The molecule has 4 nitrogen and oxygen atoms in total. The molecular formula is H2O4Se. The van der Waals surface area contributed by atoms with Crippen LogP contribution in [0.15, 0.2) is 0 Å². The van der Waals surface area contributed by atoms with E-state index in [2.05, 4.69) is 0 Å². The van der Waals surface area contributed by atoms with Crippen molar-refractivity contribution in [1.29, 1.82) is 0 Å². The van der Waals surface area contributed by atoms with Crippen LogP contribution in [0, 0.1) is 0 Å². The van der Waals surface area contributed by atoms with Gasteiger partial charge in [0.25, 0.3) is 0 Å². The molecule has 0 aromatic heterocycles. The molecule has 0 bridgehead atoms. The van der Waals surface area contributed by atoms with Crippen LogP contribution in [-0.2, 0) is 7.67 Å². The van der Waals surface area contributed by atoms with Crippen LogP contribution in [0.1, 0.15) is 0 Å². The first kappa shape index (κ1) is 5.04. The van der Waals surface area contributed by atoms with Crippen molar-refractivity contribution in [2.45, 2.75) is 0 Å². The van der Waals surface area contributed by atoms with Gasteiger partial charge >= 0.3 is 29.4 Å². The molecule has 0 aliphatic carbocycles. The van der Waals surface area contributed by atoms with Crippen LogP contribution in [0.5, 0.6) is 0 Å². The normalized spacial score (nSPS) is 11.6. The third-order valence-corrected chi connectivity index (χ3v) is 0. The molecule has 32 valence electrons. The number of rotatable bonds is 0. The van der Waals surface area contributed by atoms with Gasteiger partial charge in [-0.15, -0.1) is 0 Å². The Labute approximate surface area is 30.3 Å². The Bertz CT molecular complexity index is 86.8. The van der Waals surface area contributed by atoms with Gasteiger partial charge in [-0.3, -0.25) is 0 Å². The maximum absolute atomic E-state index is 8.82. The molecule has 5 heteroatoms. The third-order valence-electron chi connectivity index (χ3n) is 0. The van der Waals surface area contributed by atoms with Crippen LogP contribution in [0.25, 0.3) is 0 Å². The molecule has 0 heterocycles. The zero-order valence-electron chi connectivity index (χ0n) is 2.12. The molecule has 2 N–H and O–H groups in total. The summed E-state index contributed by atoms with van der Waals surface area (Å²) in [6.45, 7) is 0. The molecule has 0 aliphatic rings. The van der Waals surface area contributed by atoms with Gasteiger partial charge in [-0.1, -0.05) is 0 Å². The van der Waals surface area contributed by atoms with E-state index in [0.29, 0.717) is 0 Å². The number of hydrogen-bond donors (Lipinski definition) is 2. The van der Waals surface area contributed by atoms with Gasteiger partial charge in [0.05, 0.1) is 0 Å². The second kappa shape index (κ2) is 1.02. The molecule has 0 spiro atoms. The summed E-state index contributed by atoms with van der Waals surface area (Å²) in [6.07, 6.45) is 0. The quantitative estimate of drug-likeness (QED) is 0.392. The average Bonchev–Trinajstić information content (AvgIpc) is 0.722. The molecule has 0 radical (unpaired) electrons. The minimum absolute atomic E-state index is 5.25. The topological polar surface area (TPSA) is 74.6 Å². The van der Waals surface area contributed by atoms with Crippen LogP contribution in [0.3, 0.4) is 0 Å². The van der Waals surface area contributed by atoms with E-state index >= 15 is 0 Å². The molecular weight excluding hydrogens is 138 g/mol. The minimum atomic E-state index is -5.25. The van der Waals surface area contributed by atoms with E-state index in [1.807, 2.05) is 0 Å². The van der Waals surface area contributed by atoms with E-state index in [-0.39, 0.29) is 0 Å². The molecule has 0 aliphatic heterocycles. The van der Waals surface area contributed by atoms with Gasteiger partial charge in [0.1, 0.15) is 0 Å². The van der Waals surface area contributed by atoms with Crippen LogP contribution in [-0.4, -0.2) is 21.7 Å². The Morgan fingerprint density at radius 2 is 1.20 bits per heavy atom. The van der Waals surface area contributed by atoms with Crippen molar-refractivity contribution in [2.75, 3.05) is 0 Å². The summed E-state index contributed by atoms with van der Waals surface area (Å²) < 4.78 is 31.9. The van der Waals surface area contributed by atoms with Gasteiger partial charge in [-0.25, -0.2) is 0 Å². The first-order valence-corrected chi connectivity index (χ1v) is 3.63. The van der Waals surface area contributed by atoms with E-state index in [9.17, 15) is 0 Å². The van der Waals surface area contributed by atoms with Crippen molar-refractivity contribution >= 4 is 13.4 Å². The summed E-state index contributed by atoms with van der Waals surface area (Å²) in [6, 6.07) is 0. The fraction of sp³-hybridized carbons (Fsp3) is 0. The first-order valence-electron chi connectivity index (χ1n) is 0.698. The summed E-state index contributed by atoms with van der Waals surface area (Å²) in [4.78, 5) is 0. The summed E-state index contributed by atoms with van der Waals surface area (Å²) in [5.41, 5.74) is 0. The third kappa shape index (κ3) is 10800. The molecule has 0 unspecified atom stereocenters. The Balaban J connectivity index is 4.06. The molecule has 0 atom stereocenters. The van der Waals surface area contributed by atoms with E-state index in [4.69, 9.17) is 16.0 Å². The molecule has 0 fully saturated rings. The zero-order valence-corrected chi connectivity index (χ0v) is 3.83. The van der Waals surface area contributed by atoms with Crippen molar-refractivity contribution in [3.05, 3.63) is 0 Å². The van der Waals surface area contributed by atoms with E-state index < -0.39 is 13.4 Å². The van der Waals surface area contributed by atoms with E-state index in [1.165, 1.54) is 0 Å². The fourth-order valence-electron chi connectivity index (χ4n) is 0. The predicted octanol–water partition coefficient (Wildman–Crippen LogP) is -1.73. The second-order valence-electron chi connectivity index (χ2n) is 0.448. The van der Waals surface area contributed by atoms with Gasteiger partial charge in [-0.05, 0) is 0 Å². The van der Waals surface area contributed by atoms with Gasteiger partial charge in [0.15, 0.2) is 0 Å². The van der Waals surface area contributed by atoms with Crippen LogP contribution < -0.4 is 0 Å². The molecule has 0 saturated carbocycles. The van der Waals surface area contributed by atoms with Crippen molar-refractivity contribution in [3.8, 4) is 0 Å². The molecule has 0 aromatic rings. The van der Waals surface area contributed by atoms with Crippen molar-refractivity contribution in [1.82, 2.24) is 0 Å². The maximum atomic E-state index is 8.82. The van der Waals surface area contributed by atoms with Crippen LogP contribution in [0.2, 0.25) is 0 Å². The first-order chi connectivity index (χ1) is 2.00. The van der Waals surface area contributed by atoms with Crippen molar-refractivity contribution in [2.24, 2.45) is 0 Å². The monoisotopic (exact) mass is 140 g/mol. The molecule has 0 amide bonds. The Morgan fingerprint density at radius 1 is 1.20 bits per heavy atom. The summed E-state index contributed by atoms with van der Waals surface area (Å²) in [7, 11) is 0. The van der Waals surface area contributed by atoms with Crippen molar-refractivity contribution in [3.63, 3.8) is 0 Å². The zero-order chi connectivity index (χ0) is 4.50. The van der Waals surface area contributed by atoms with Gasteiger partial charge in [-0.2, -0.15) is 0 Å². The second-order valence-corrected chi connectivity index (χ2v) is 2.33. The van der Waals surface area contributed by atoms with Gasteiger partial charge in [0.2, 0.25) is 0 Å². The SMILES string of the molecule is O=[74Se](=O)(O)O. The van der Waals surface area contributed by atoms with E-state index in [1.54, 1.807) is 0 Å². The Hall–Kier alpha value is 0.0395. The van der Waals surface area contributed by atoms with Gasteiger partial charge in [0, 0.05) is 0 Å². The standard InChI is InChI=1S/H2O4Se/c1-5(2,3)4/h(H2,1,2,3,4)/i5-5. The number of hydrogen-bond acceptors (Lipinski definition) is 2. The summed E-state index contributed by atoms with van der Waals surface area (Å²) in [5, 5.41) is 0. The predicted molar refractivity (Wildman–Crippen MR) is 11.6 cm³/mol.